The molecule has 0 saturated heterocycles. The maximum absolute atomic E-state index is 11.8. The van der Waals surface area contributed by atoms with Crippen molar-refractivity contribution in [1.82, 2.24) is 0 Å². The fourth-order valence-corrected chi connectivity index (χ4v) is 1.33. The van der Waals surface area contributed by atoms with Gasteiger partial charge < -0.3 is 14.7 Å². The second-order valence-corrected chi connectivity index (χ2v) is 4.90. The lowest BCUT2D eigenvalue weighted by molar-refractivity contribution is 0.00199. The quantitative estimate of drug-likeness (QED) is 0.516. The van der Waals surface area contributed by atoms with E-state index in [2.05, 4.69) is 5.16 Å². The summed E-state index contributed by atoms with van der Waals surface area (Å²) in [5.41, 5.74) is 0.116. The summed E-state index contributed by atoms with van der Waals surface area (Å²) >= 11 is 0. The Balaban J connectivity index is 3.01. The number of nitrogens with zero attached hydrogens (tertiary/aromatic N) is 1. The number of carbonyl (C=O) groups excluding carboxylic acids is 1. The van der Waals surface area contributed by atoms with E-state index in [4.69, 9.17) is 9.57 Å². The maximum Gasteiger partial charge on any atom is 0.342 e. The summed E-state index contributed by atoms with van der Waals surface area (Å²) in [5.74, 6) is -0.726. The molecule has 0 spiro atoms. The third-order valence-electron chi connectivity index (χ3n) is 2.07. The Labute approximate surface area is 112 Å². The predicted octanol–water partition coefficient (Wildman–Crippen LogP) is 2.72. The number of benzene rings is 1. The van der Waals surface area contributed by atoms with Gasteiger partial charge in [0.15, 0.2) is 0 Å². The van der Waals surface area contributed by atoms with E-state index in [9.17, 15) is 9.90 Å². The predicted molar refractivity (Wildman–Crippen MR) is 72.5 cm³/mol. The van der Waals surface area contributed by atoms with Crippen molar-refractivity contribution in [3.8, 4) is 5.75 Å². The van der Waals surface area contributed by atoms with Gasteiger partial charge >= 0.3 is 5.97 Å². The van der Waals surface area contributed by atoms with Gasteiger partial charge in [0.2, 0.25) is 0 Å². The van der Waals surface area contributed by atoms with Crippen LogP contribution >= 0.6 is 0 Å². The number of hydrogen-bond acceptors (Lipinski definition) is 5. The fourth-order valence-electron chi connectivity index (χ4n) is 1.33. The summed E-state index contributed by atoms with van der Waals surface area (Å²) in [4.78, 5) is 17.0. The van der Waals surface area contributed by atoms with Gasteiger partial charge in [-0.2, -0.15) is 0 Å². The second-order valence-electron chi connectivity index (χ2n) is 4.90. The minimum absolute atomic E-state index is 0.0885. The highest BCUT2D eigenvalue weighted by molar-refractivity contribution is 6.01. The van der Waals surface area contributed by atoms with E-state index in [1.165, 1.54) is 12.3 Å². The van der Waals surface area contributed by atoms with Crippen LogP contribution in [0, 0.1) is 0 Å². The van der Waals surface area contributed by atoms with Crippen molar-refractivity contribution < 1.29 is 19.5 Å². The second kappa shape index (κ2) is 6.22. The number of rotatable bonds is 4. The van der Waals surface area contributed by atoms with Gasteiger partial charge in [0.05, 0.1) is 12.8 Å². The van der Waals surface area contributed by atoms with Crippen LogP contribution in [0.25, 0.3) is 0 Å². The molecule has 1 aromatic rings. The first-order valence-electron chi connectivity index (χ1n) is 6.06. The van der Waals surface area contributed by atoms with Crippen LogP contribution in [0.4, 0.5) is 0 Å². The molecule has 1 N–H and O–H groups in total. The Morgan fingerprint density at radius 2 is 2.11 bits per heavy atom. The molecular formula is C14H19NO4. The smallest absolute Gasteiger partial charge is 0.342 e. The summed E-state index contributed by atoms with van der Waals surface area (Å²) in [5, 5.41) is 13.6. The third-order valence-corrected chi connectivity index (χ3v) is 2.07. The van der Waals surface area contributed by atoms with Crippen LogP contribution in [0.15, 0.2) is 23.4 Å². The molecule has 0 amide bonds. The standard InChI is InChI=1S/C14H19NO4/c1-5-18-13(17)12-10(7-6-8-11(12)16)9-15-19-14(2,3)4/h6-9,16H,5H2,1-4H3. The molecule has 0 bridgehead atoms. The number of oxime groups is 1. The third kappa shape index (κ3) is 4.62. The van der Waals surface area contributed by atoms with Crippen molar-refractivity contribution in [2.24, 2.45) is 5.16 Å². The van der Waals surface area contributed by atoms with Gasteiger partial charge in [0.1, 0.15) is 16.9 Å². The monoisotopic (exact) mass is 265 g/mol. The lowest BCUT2D eigenvalue weighted by Gasteiger charge is -2.15. The Hall–Kier alpha value is -2.04. The Kier molecular flexibility index (Phi) is 4.92. The van der Waals surface area contributed by atoms with Crippen LogP contribution in [0.3, 0.4) is 0 Å². The topological polar surface area (TPSA) is 68.1 Å². The molecular weight excluding hydrogens is 246 g/mol. The van der Waals surface area contributed by atoms with Crippen LogP contribution in [0.1, 0.15) is 43.6 Å². The molecule has 0 fully saturated rings. The number of hydrogen-bond donors (Lipinski definition) is 1. The molecule has 0 atom stereocenters. The number of phenols is 1. The van der Waals surface area contributed by atoms with Crippen LogP contribution in [0.2, 0.25) is 0 Å². The fraction of sp³-hybridized carbons (Fsp3) is 0.429. The average Bonchev–Trinajstić information content (AvgIpc) is 2.27. The van der Waals surface area contributed by atoms with Gasteiger partial charge in [-0.1, -0.05) is 17.3 Å². The van der Waals surface area contributed by atoms with Crippen molar-refractivity contribution in [1.29, 1.82) is 0 Å². The van der Waals surface area contributed by atoms with E-state index in [0.717, 1.165) is 0 Å². The molecule has 0 aliphatic heterocycles. The minimum atomic E-state index is -0.585. The molecule has 0 aliphatic rings. The molecule has 0 unspecified atom stereocenters. The molecule has 5 heteroatoms. The van der Waals surface area contributed by atoms with Gasteiger partial charge in [-0.25, -0.2) is 4.79 Å². The number of aromatic hydroxyl groups is 1. The average molecular weight is 265 g/mol. The van der Waals surface area contributed by atoms with Crippen LogP contribution in [0.5, 0.6) is 5.75 Å². The van der Waals surface area contributed by atoms with E-state index >= 15 is 0 Å². The summed E-state index contributed by atoms with van der Waals surface area (Å²) in [6, 6.07) is 4.70. The summed E-state index contributed by atoms with van der Waals surface area (Å²) < 4.78 is 4.90. The van der Waals surface area contributed by atoms with Gasteiger partial charge in [0, 0.05) is 5.56 Å². The summed E-state index contributed by atoms with van der Waals surface area (Å²) in [6.45, 7) is 7.52. The van der Waals surface area contributed by atoms with Crippen molar-refractivity contribution in [2.45, 2.75) is 33.3 Å². The largest absolute Gasteiger partial charge is 0.507 e. The molecule has 104 valence electrons. The summed E-state index contributed by atoms with van der Waals surface area (Å²) in [6.07, 6.45) is 1.39. The van der Waals surface area contributed by atoms with Crippen LogP contribution in [-0.4, -0.2) is 29.5 Å². The van der Waals surface area contributed by atoms with Crippen molar-refractivity contribution in [3.05, 3.63) is 29.3 Å². The first-order chi connectivity index (χ1) is 8.85. The maximum atomic E-state index is 11.8. The molecule has 0 aliphatic carbocycles. The summed E-state index contributed by atoms with van der Waals surface area (Å²) in [7, 11) is 0. The van der Waals surface area contributed by atoms with Crippen LogP contribution in [-0.2, 0) is 9.57 Å². The highest BCUT2D eigenvalue weighted by atomic mass is 16.6. The number of ether oxygens (including phenoxy) is 1. The molecule has 0 saturated carbocycles. The highest BCUT2D eigenvalue weighted by Gasteiger charge is 2.16. The number of esters is 1. The van der Waals surface area contributed by atoms with E-state index in [-0.39, 0.29) is 17.9 Å². The zero-order chi connectivity index (χ0) is 14.5. The van der Waals surface area contributed by atoms with Gasteiger partial charge in [-0.3, -0.25) is 0 Å². The first-order valence-corrected chi connectivity index (χ1v) is 6.06. The van der Waals surface area contributed by atoms with Crippen molar-refractivity contribution in [3.63, 3.8) is 0 Å². The lowest BCUT2D eigenvalue weighted by atomic mass is 10.1. The molecule has 0 aromatic heterocycles. The molecule has 19 heavy (non-hydrogen) atoms. The molecule has 0 heterocycles. The van der Waals surface area contributed by atoms with Gasteiger partial charge in [-0.15, -0.1) is 0 Å². The first kappa shape index (κ1) is 15.0. The Bertz CT molecular complexity index is 475. The van der Waals surface area contributed by atoms with E-state index in [1.54, 1.807) is 19.1 Å². The number of carbonyl (C=O) groups is 1. The van der Waals surface area contributed by atoms with Gasteiger partial charge in [0.25, 0.3) is 0 Å². The molecule has 1 rings (SSSR count). The molecule has 0 radical (unpaired) electrons. The van der Waals surface area contributed by atoms with Crippen LogP contribution < -0.4 is 0 Å². The highest BCUT2D eigenvalue weighted by Crippen LogP contribution is 2.21. The van der Waals surface area contributed by atoms with E-state index in [1.807, 2.05) is 20.8 Å². The number of phenolic OH excluding ortho intramolecular Hbond substituents is 1. The minimum Gasteiger partial charge on any atom is -0.507 e. The molecule has 5 nitrogen and oxygen atoms in total. The lowest BCUT2D eigenvalue weighted by Crippen LogP contribution is -2.15. The molecule has 1 aromatic carbocycles. The van der Waals surface area contributed by atoms with Crippen molar-refractivity contribution in [2.75, 3.05) is 6.61 Å². The SMILES string of the molecule is CCOC(=O)c1c(O)cccc1C=NOC(C)(C)C. The normalized spacial score (nSPS) is 11.6. The van der Waals surface area contributed by atoms with E-state index in [0.29, 0.717) is 5.56 Å². The van der Waals surface area contributed by atoms with Crippen molar-refractivity contribution >= 4 is 12.2 Å². The van der Waals surface area contributed by atoms with E-state index < -0.39 is 11.6 Å². The zero-order valence-corrected chi connectivity index (χ0v) is 11.6. The Morgan fingerprint density at radius 1 is 1.42 bits per heavy atom. The zero-order valence-electron chi connectivity index (χ0n) is 11.6. The Morgan fingerprint density at radius 3 is 2.68 bits per heavy atom. The van der Waals surface area contributed by atoms with Gasteiger partial charge in [-0.05, 0) is 33.8 Å².